The predicted octanol–water partition coefficient (Wildman–Crippen LogP) is 5.45. The van der Waals surface area contributed by atoms with Gasteiger partial charge in [0.1, 0.15) is 0 Å². The summed E-state index contributed by atoms with van der Waals surface area (Å²) in [7, 11) is -4.08. The molecule has 0 saturated carbocycles. The fourth-order valence-electron chi connectivity index (χ4n) is 3.76. The summed E-state index contributed by atoms with van der Waals surface area (Å²) >= 11 is 0. The molecule has 1 aliphatic rings. The lowest BCUT2D eigenvalue weighted by Gasteiger charge is -2.21. The first kappa shape index (κ1) is 25.3. The van der Waals surface area contributed by atoms with Crippen LogP contribution in [-0.4, -0.2) is 48.3 Å². The second kappa shape index (κ2) is 16.1. The van der Waals surface area contributed by atoms with Crippen molar-refractivity contribution in [2.75, 3.05) is 25.5 Å². The van der Waals surface area contributed by atoms with Crippen molar-refractivity contribution in [1.82, 2.24) is 9.80 Å². The zero-order chi connectivity index (χ0) is 20.5. The van der Waals surface area contributed by atoms with Gasteiger partial charge in [0, 0.05) is 31.2 Å². The molecule has 0 bridgehead atoms. The van der Waals surface area contributed by atoms with Crippen molar-refractivity contribution in [3.8, 4) is 0 Å². The third-order valence-electron chi connectivity index (χ3n) is 5.49. The van der Waals surface area contributed by atoms with Gasteiger partial charge in [0.05, 0.1) is 16.8 Å². The first-order chi connectivity index (χ1) is 13.5. The van der Waals surface area contributed by atoms with Crippen molar-refractivity contribution in [3.05, 3.63) is 12.4 Å². The van der Waals surface area contributed by atoms with E-state index in [0.29, 0.717) is 13.0 Å². The van der Waals surface area contributed by atoms with Crippen LogP contribution in [0.4, 0.5) is 0 Å². The van der Waals surface area contributed by atoms with Crippen molar-refractivity contribution in [3.63, 3.8) is 0 Å². The molecule has 0 aliphatic carbocycles. The first-order valence-corrected chi connectivity index (χ1v) is 13.2. The maximum Gasteiger partial charge on any atom is 0.0946 e. The van der Waals surface area contributed by atoms with Crippen LogP contribution in [0.2, 0.25) is 0 Å². The summed E-state index contributed by atoms with van der Waals surface area (Å²) < 4.78 is 31.9. The van der Waals surface area contributed by atoms with Crippen LogP contribution in [0.1, 0.15) is 103 Å². The molecule has 0 amide bonds. The highest BCUT2D eigenvalue weighted by Crippen LogP contribution is 2.14. The van der Waals surface area contributed by atoms with Crippen LogP contribution in [0, 0.1) is 0 Å². The second-order valence-corrected chi connectivity index (χ2v) is 9.80. The van der Waals surface area contributed by atoms with Crippen molar-refractivity contribution in [1.29, 1.82) is 0 Å². The molecule has 0 spiro atoms. The summed E-state index contributed by atoms with van der Waals surface area (Å²) in [6, 6.07) is 0. The highest BCUT2D eigenvalue weighted by atomic mass is 32.2. The number of hydrogen-bond donors (Lipinski definition) is 0. The molecule has 166 valence electrons. The number of unbranched alkanes of at least 4 members (excludes halogenated alkanes) is 13. The summed E-state index contributed by atoms with van der Waals surface area (Å²) in [4.78, 5) is 4.35. The van der Waals surface area contributed by atoms with Gasteiger partial charge in [-0.2, -0.15) is 0 Å². The number of nitrogens with zero attached hydrogens (tertiary/aromatic N) is 2. The van der Waals surface area contributed by atoms with E-state index < -0.39 is 10.1 Å². The van der Waals surface area contributed by atoms with E-state index in [4.69, 9.17) is 0 Å². The van der Waals surface area contributed by atoms with E-state index in [1.54, 1.807) is 0 Å². The van der Waals surface area contributed by atoms with Gasteiger partial charge in [-0.1, -0.05) is 90.4 Å². The predicted molar refractivity (Wildman–Crippen MR) is 117 cm³/mol. The molecule has 0 aromatic rings. The van der Waals surface area contributed by atoms with E-state index in [1.807, 2.05) is 6.20 Å². The van der Waals surface area contributed by atoms with E-state index in [-0.39, 0.29) is 5.75 Å². The summed E-state index contributed by atoms with van der Waals surface area (Å²) in [6.45, 7) is 4.78. The van der Waals surface area contributed by atoms with Gasteiger partial charge < -0.3 is 14.4 Å². The van der Waals surface area contributed by atoms with Crippen LogP contribution in [-0.2, 0) is 10.1 Å². The number of hydrogen-bond acceptors (Lipinski definition) is 5. The average molecular weight is 416 g/mol. The Morgan fingerprint density at radius 2 is 1.07 bits per heavy atom. The zero-order valence-electron chi connectivity index (χ0n) is 18.1. The summed E-state index contributed by atoms with van der Waals surface area (Å²) in [5, 5.41) is 0. The van der Waals surface area contributed by atoms with Gasteiger partial charge in [-0.05, 0) is 12.8 Å². The molecular formula is C22H43N2O3S-. The van der Waals surface area contributed by atoms with Crippen LogP contribution in [0.5, 0.6) is 0 Å². The molecule has 1 aliphatic heterocycles. The Morgan fingerprint density at radius 1 is 0.679 bits per heavy atom. The minimum Gasteiger partial charge on any atom is -0.748 e. The van der Waals surface area contributed by atoms with Gasteiger partial charge in [0.2, 0.25) is 0 Å². The zero-order valence-corrected chi connectivity index (χ0v) is 18.9. The minimum atomic E-state index is -4.08. The Balaban J connectivity index is 1.81. The van der Waals surface area contributed by atoms with E-state index >= 15 is 0 Å². The lowest BCUT2D eigenvalue weighted by atomic mass is 10.0. The molecule has 0 aromatic heterocycles. The fourth-order valence-corrected chi connectivity index (χ4v) is 4.24. The maximum atomic E-state index is 10.6. The van der Waals surface area contributed by atoms with E-state index in [9.17, 15) is 13.0 Å². The second-order valence-electron chi connectivity index (χ2n) is 8.28. The molecule has 6 heteroatoms. The lowest BCUT2D eigenvalue weighted by molar-refractivity contribution is 0.261. The van der Waals surface area contributed by atoms with Gasteiger partial charge in [-0.15, -0.1) is 0 Å². The van der Waals surface area contributed by atoms with Gasteiger partial charge in [0.25, 0.3) is 0 Å². The van der Waals surface area contributed by atoms with Crippen LogP contribution < -0.4 is 0 Å². The van der Waals surface area contributed by atoms with Crippen molar-refractivity contribution in [2.45, 2.75) is 103 Å². The molecule has 0 atom stereocenters. The largest absolute Gasteiger partial charge is 0.748 e. The normalized spacial score (nSPS) is 14.4. The smallest absolute Gasteiger partial charge is 0.0946 e. The molecule has 0 fully saturated rings. The molecule has 1 heterocycles. The number of rotatable bonds is 19. The topological polar surface area (TPSA) is 63.7 Å². The molecule has 0 saturated heterocycles. The molecule has 28 heavy (non-hydrogen) atoms. The van der Waals surface area contributed by atoms with Crippen LogP contribution in [0.15, 0.2) is 12.4 Å². The Morgan fingerprint density at radius 3 is 1.50 bits per heavy atom. The van der Waals surface area contributed by atoms with Crippen molar-refractivity contribution >= 4 is 10.1 Å². The fraction of sp³-hybridized carbons (Fsp3) is 0.909. The van der Waals surface area contributed by atoms with Gasteiger partial charge >= 0.3 is 0 Å². The maximum absolute atomic E-state index is 10.6. The lowest BCUT2D eigenvalue weighted by Crippen LogP contribution is -2.27. The molecule has 5 nitrogen and oxygen atoms in total. The van der Waals surface area contributed by atoms with Crippen LogP contribution >= 0.6 is 0 Å². The Kier molecular flexibility index (Phi) is 14.5. The first-order valence-electron chi connectivity index (χ1n) is 11.6. The monoisotopic (exact) mass is 415 g/mol. The molecule has 0 radical (unpaired) electrons. The SMILES string of the molecule is CCCCCCCCCCCCCCCCN1C=CN(CCCS(=O)(=O)[O-])C1. The summed E-state index contributed by atoms with van der Waals surface area (Å²) in [6.07, 6.45) is 23.8. The molecule has 0 unspecified atom stereocenters. The van der Waals surface area contributed by atoms with E-state index in [2.05, 4.69) is 22.9 Å². The Labute approximate surface area is 174 Å². The van der Waals surface area contributed by atoms with E-state index in [0.717, 1.165) is 13.2 Å². The van der Waals surface area contributed by atoms with Crippen LogP contribution in [0.3, 0.4) is 0 Å². The van der Waals surface area contributed by atoms with E-state index in [1.165, 1.54) is 89.9 Å². The molecular weight excluding hydrogens is 372 g/mol. The highest BCUT2D eigenvalue weighted by molar-refractivity contribution is 7.85. The Hall–Kier alpha value is -0.750. The van der Waals surface area contributed by atoms with Gasteiger partial charge in [0.15, 0.2) is 0 Å². The van der Waals surface area contributed by atoms with Crippen LogP contribution in [0.25, 0.3) is 0 Å². The van der Waals surface area contributed by atoms with Crippen molar-refractivity contribution < 1.29 is 13.0 Å². The summed E-state index contributed by atoms with van der Waals surface area (Å²) in [5.41, 5.74) is 0. The summed E-state index contributed by atoms with van der Waals surface area (Å²) in [5.74, 6) is -0.268. The third kappa shape index (κ3) is 15.2. The standard InChI is InChI=1S/C22H44N2O3S/c1-2-3-4-5-6-7-8-9-10-11-12-13-14-15-17-23-19-20-24(22-23)18-16-21-28(25,26)27/h19-20H,2-18,21-22H2,1H3,(H,25,26,27)/p-1. The highest BCUT2D eigenvalue weighted by Gasteiger charge is 2.11. The molecule has 0 N–H and O–H groups in total. The van der Waals surface area contributed by atoms with Gasteiger partial charge in [-0.25, -0.2) is 8.42 Å². The van der Waals surface area contributed by atoms with Crippen molar-refractivity contribution in [2.24, 2.45) is 0 Å². The Bertz CT molecular complexity index is 494. The molecule has 0 aromatic carbocycles. The molecule has 1 rings (SSSR count). The van der Waals surface area contributed by atoms with Gasteiger partial charge in [-0.3, -0.25) is 0 Å². The third-order valence-corrected chi connectivity index (χ3v) is 6.28. The average Bonchev–Trinajstić information content (AvgIpc) is 3.08. The minimum absolute atomic E-state index is 0.268. The quantitative estimate of drug-likeness (QED) is 0.207.